The van der Waals surface area contributed by atoms with Crippen molar-refractivity contribution >= 4 is 23.4 Å². The van der Waals surface area contributed by atoms with Gasteiger partial charge in [0, 0.05) is 0 Å². The number of amides is 2. The van der Waals surface area contributed by atoms with Crippen LogP contribution in [0.5, 0.6) is 0 Å². The van der Waals surface area contributed by atoms with Crippen LogP contribution in [0.3, 0.4) is 0 Å². The SMILES string of the molecule is NNC(=O)C(C(N)=O)c1ccc(-c2ccc(F)c(Cl)c2)cc1. The molecule has 0 aliphatic carbocycles. The van der Waals surface area contributed by atoms with E-state index in [1.807, 2.05) is 5.43 Å². The molecule has 0 fully saturated rings. The van der Waals surface area contributed by atoms with Gasteiger partial charge in [-0.25, -0.2) is 10.2 Å². The summed E-state index contributed by atoms with van der Waals surface area (Å²) in [6, 6.07) is 10.9. The molecule has 0 aliphatic rings. The van der Waals surface area contributed by atoms with Crippen LogP contribution < -0.4 is 17.0 Å². The highest BCUT2D eigenvalue weighted by Gasteiger charge is 2.25. The number of carbonyl (C=O) groups is 2. The first-order chi connectivity index (χ1) is 10.4. The summed E-state index contributed by atoms with van der Waals surface area (Å²) < 4.78 is 13.2. The lowest BCUT2D eigenvalue weighted by atomic mass is 9.95. The lowest BCUT2D eigenvalue weighted by Crippen LogP contribution is -2.40. The van der Waals surface area contributed by atoms with Crippen molar-refractivity contribution in [3.63, 3.8) is 0 Å². The first-order valence-electron chi connectivity index (χ1n) is 6.29. The van der Waals surface area contributed by atoms with E-state index in [4.69, 9.17) is 23.2 Å². The van der Waals surface area contributed by atoms with E-state index >= 15 is 0 Å². The molecule has 0 aromatic heterocycles. The van der Waals surface area contributed by atoms with Gasteiger partial charge >= 0.3 is 0 Å². The Kier molecular flexibility index (Phi) is 4.75. The van der Waals surface area contributed by atoms with Crippen molar-refractivity contribution in [1.29, 1.82) is 0 Å². The fourth-order valence-corrected chi connectivity index (χ4v) is 2.25. The van der Waals surface area contributed by atoms with E-state index in [-0.39, 0.29) is 5.02 Å². The average Bonchev–Trinajstić information content (AvgIpc) is 2.50. The molecule has 114 valence electrons. The Hall–Kier alpha value is -2.44. The number of hydrazine groups is 1. The standard InChI is InChI=1S/C15H13ClFN3O2/c16-11-7-10(5-6-12(11)17)8-1-3-9(4-2-8)13(14(18)21)15(22)20-19/h1-7,13H,19H2,(H2,18,21)(H,20,22). The number of hydrogen-bond donors (Lipinski definition) is 3. The predicted molar refractivity (Wildman–Crippen MR) is 81.1 cm³/mol. The van der Waals surface area contributed by atoms with Crippen LogP contribution in [-0.4, -0.2) is 11.8 Å². The van der Waals surface area contributed by atoms with Gasteiger partial charge in [-0.1, -0.05) is 41.9 Å². The number of nitrogens with two attached hydrogens (primary N) is 2. The zero-order valence-electron chi connectivity index (χ0n) is 11.3. The molecular weight excluding hydrogens is 309 g/mol. The second-order valence-electron chi connectivity index (χ2n) is 4.59. The van der Waals surface area contributed by atoms with Gasteiger partial charge in [0.15, 0.2) is 0 Å². The molecule has 0 radical (unpaired) electrons. The molecule has 0 saturated carbocycles. The van der Waals surface area contributed by atoms with Gasteiger partial charge in [-0.2, -0.15) is 0 Å². The maximum Gasteiger partial charge on any atom is 0.250 e. The third kappa shape index (κ3) is 3.24. The van der Waals surface area contributed by atoms with Crippen LogP contribution >= 0.6 is 11.6 Å². The third-order valence-electron chi connectivity index (χ3n) is 3.19. The van der Waals surface area contributed by atoms with Crippen LogP contribution in [0.4, 0.5) is 4.39 Å². The first kappa shape index (κ1) is 15.9. The first-order valence-corrected chi connectivity index (χ1v) is 6.67. The molecule has 7 heteroatoms. The lowest BCUT2D eigenvalue weighted by Gasteiger charge is -2.12. The number of benzene rings is 2. The predicted octanol–water partition coefficient (Wildman–Crippen LogP) is 1.70. The van der Waals surface area contributed by atoms with Crippen molar-refractivity contribution in [2.45, 2.75) is 5.92 Å². The molecule has 0 saturated heterocycles. The maximum atomic E-state index is 13.2. The van der Waals surface area contributed by atoms with Crippen LogP contribution in [0, 0.1) is 5.82 Å². The molecule has 2 aromatic carbocycles. The van der Waals surface area contributed by atoms with E-state index in [0.29, 0.717) is 11.1 Å². The topological polar surface area (TPSA) is 98.2 Å². The smallest absolute Gasteiger partial charge is 0.250 e. The fourth-order valence-electron chi connectivity index (χ4n) is 2.07. The molecule has 0 bridgehead atoms. The van der Waals surface area contributed by atoms with E-state index in [1.54, 1.807) is 30.3 Å². The number of hydrogen-bond acceptors (Lipinski definition) is 3. The molecular formula is C15H13ClFN3O2. The highest BCUT2D eigenvalue weighted by molar-refractivity contribution is 6.31. The van der Waals surface area contributed by atoms with Gasteiger partial charge in [-0.15, -0.1) is 0 Å². The van der Waals surface area contributed by atoms with E-state index in [2.05, 4.69) is 0 Å². The molecule has 2 amide bonds. The van der Waals surface area contributed by atoms with Crippen molar-refractivity contribution in [1.82, 2.24) is 5.43 Å². The largest absolute Gasteiger partial charge is 0.369 e. The van der Waals surface area contributed by atoms with E-state index in [1.165, 1.54) is 12.1 Å². The van der Waals surface area contributed by atoms with Crippen LogP contribution in [0.25, 0.3) is 11.1 Å². The summed E-state index contributed by atoms with van der Waals surface area (Å²) in [5.41, 5.74) is 8.99. The fraction of sp³-hybridized carbons (Fsp3) is 0.0667. The summed E-state index contributed by atoms with van der Waals surface area (Å²) >= 11 is 5.74. The summed E-state index contributed by atoms with van der Waals surface area (Å²) in [7, 11) is 0. The monoisotopic (exact) mass is 321 g/mol. The summed E-state index contributed by atoms with van der Waals surface area (Å²) in [5.74, 6) is 1.87. The van der Waals surface area contributed by atoms with Crippen LogP contribution in [0.2, 0.25) is 5.02 Å². The molecule has 0 aliphatic heterocycles. The summed E-state index contributed by atoms with van der Waals surface area (Å²) in [4.78, 5) is 23.0. The maximum absolute atomic E-state index is 13.2. The van der Waals surface area contributed by atoms with Gasteiger partial charge in [0.05, 0.1) is 5.02 Å². The number of primary amides is 1. The van der Waals surface area contributed by atoms with Gasteiger partial charge in [-0.05, 0) is 28.8 Å². The molecule has 2 aromatic rings. The van der Waals surface area contributed by atoms with Gasteiger partial charge in [0.25, 0.3) is 5.91 Å². The Balaban J connectivity index is 2.35. The van der Waals surface area contributed by atoms with Crippen molar-refractivity contribution < 1.29 is 14.0 Å². The van der Waals surface area contributed by atoms with Gasteiger partial charge in [-0.3, -0.25) is 15.0 Å². The average molecular weight is 322 g/mol. The molecule has 1 atom stereocenters. The van der Waals surface area contributed by atoms with Crippen molar-refractivity contribution in [2.75, 3.05) is 0 Å². The Morgan fingerprint density at radius 1 is 1.09 bits per heavy atom. The van der Waals surface area contributed by atoms with Crippen molar-refractivity contribution in [3.05, 3.63) is 58.9 Å². The second kappa shape index (κ2) is 6.55. The number of nitrogens with one attached hydrogen (secondary N) is 1. The molecule has 22 heavy (non-hydrogen) atoms. The minimum Gasteiger partial charge on any atom is -0.369 e. The highest BCUT2D eigenvalue weighted by Crippen LogP contribution is 2.26. The Bertz CT molecular complexity index is 719. The van der Waals surface area contributed by atoms with Gasteiger partial charge < -0.3 is 5.73 Å². The van der Waals surface area contributed by atoms with E-state index in [9.17, 15) is 14.0 Å². The highest BCUT2D eigenvalue weighted by atomic mass is 35.5. The van der Waals surface area contributed by atoms with Crippen LogP contribution in [-0.2, 0) is 9.59 Å². The van der Waals surface area contributed by atoms with Gasteiger partial charge in [0.1, 0.15) is 11.7 Å². The Morgan fingerprint density at radius 2 is 1.68 bits per heavy atom. The molecule has 0 spiro atoms. The molecule has 1 unspecified atom stereocenters. The second-order valence-corrected chi connectivity index (χ2v) is 5.00. The normalized spacial score (nSPS) is 11.8. The van der Waals surface area contributed by atoms with Crippen molar-refractivity contribution in [2.24, 2.45) is 11.6 Å². The zero-order valence-corrected chi connectivity index (χ0v) is 12.1. The van der Waals surface area contributed by atoms with Crippen molar-refractivity contribution in [3.8, 4) is 11.1 Å². The van der Waals surface area contributed by atoms with Crippen LogP contribution in [0.1, 0.15) is 11.5 Å². The number of carbonyl (C=O) groups excluding carboxylic acids is 2. The lowest BCUT2D eigenvalue weighted by molar-refractivity contribution is -0.130. The Morgan fingerprint density at radius 3 is 2.18 bits per heavy atom. The molecule has 5 nitrogen and oxygen atoms in total. The number of rotatable bonds is 4. The molecule has 5 N–H and O–H groups in total. The molecule has 0 heterocycles. The summed E-state index contributed by atoms with van der Waals surface area (Å²) in [6.45, 7) is 0. The Labute approximate surface area is 131 Å². The minimum absolute atomic E-state index is 0.0131. The third-order valence-corrected chi connectivity index (χ3v) is 3.48. The van der Waals surface area contributed by atoms with E-state index in [0.717, 1.165) is 5.56 Å². The quantitative estimate of drug-likeness (QED) is 0.346. The zero-order chi connectivity index (χ0) is 16.3. The minimum atomic E-state index is -1.17. The molecule has 2 rings (SSSR count). The summed E-state index contributed by atoms with van der Waals surface area (Å²) in [5, 5.41) is 0.0131. The summed E-state index contributed by atoms with van der Waals surface area (Å²) in [6.07, 6.45) is 0. The number of halogens is 2. The van der Waals surface area contributed by atoms with E-state index < -0.39 is 23.5 Å². The van der Waals surface area contributed by atoms with Gasteiger partial charge in [0.2, 0.25) is 5.91 Å². The van der Waals surface area contributed by atoms with Crippen LogP contribution in [0.15, 0.2) is 42.5 Å².